The lowest BCUT2D eigenvalue weighted by Crippen LogP contribution is -1.81. The van der Waals surface area contributed by atoms with Crippen molar-refractivity contribution in [2.45, 2.75) is 13.3 Å². The van der Waals surface area contributed by atoms with Crippen LogP contribution in [0.4, 0.5) is 0 Å². The summed E-state index contributed by atoms with van der Waals surface area (Å²) in [6.07, 6.45) is 5.20. The highest BCUT2D eigenvalue weighted by atomic mass is 14.0. The molecular weight excluding hydrogens is 168 g/mol. The minimum Gasteiger partial charge on any atom is -0.0913 e. The normalized spacial score (nSPS) is 11.2. The Balaban J connectivity index is 2.41. The summed E-state index contributed by atoms with van der Waals surface area (Å²) in [5.41, 5.74) is 1.25. The zero-order chi connectivity index (χ0) is 9.80. The number of benzene rings is 2. The number of rotatable bonds is 2. The minimum absolute atomic E-state index is 0.974. The van der Waals surface area contributed by atoms with Gasteiger partial charge in [0.05, 0.1) is 0 Å². The maximum absolute atomic E-state index is 3.41. The molecule has 0 aromatic heterocycles. The van der Waals surface area contributed by atoms with Crippen molar-refractivity contribution >= 4 is 10.8 Å². The van der Waals surface area contributed by atoms with Gasteiger partial charge in [0.2, 0.25) is 0 Å². The smallest absolute Gasteiger partial charge is 0.00610 e. The monoisotopic (exact) mass is 181 g/mol. The van der Waals surface area contributed by atoms with Crippen LogP contribution in [0.1, 0.15) is 12.5 Å². The number of hydrogen-bond donors (Lipinski definition) is 0. The highest BCUT2D eigenvalue weighted by molar-refractivity contribution is 5.82. The lowest BCUT2D eigenvalue weighted by molar-refractivity contribution is 1.27. The zero-order valence-corrected chi connectivity index (χ0v) is 8.33. The summed E-state index contributed by atoms with van der Waals surface area (Å²) < 4.78 is 0. The summed E-state index contributed by atoms with van der Waals surface area (Å²) in [6, 6.07) is 16.0. The predicted octanol–water partition coefficient (Wildman–Crippen LogP) is 3.76. The third-order valence-corrected chi connectivity index (χ3v) is 2.29. The first kappa shape index (κ1) is 9.01. The van der Waals surface area contributed by atoms with E-state index in [9.17, 15) is 0 Å². The van der Waals surface area contributed by atoms with Crippen LogP contribution in [0.3, 0.4) is 0 Å². The third kappa shape index (κ3) is 1.85. The molecule has 2 aromatic rings. The Morgan fingerprint density at radius 3 is 2.86 bits per heavy atom. The van der Waals surface area contributed by atoms with Crippen molar-refractivity contribution in [2.24, 2.45) is 0 Å². The molecule has 69 valence electrons. The molecule has 2 rings (SSSR count). The second kappa shape index (κ2) is 4.10. The van der Waals surface area contributed by atoms with Crippen LogP contribution in [0, 0.1) is 6.07 Å². The molecule has 14 heavy (non-hydrogen) atoms. The first-order valence-electron chi connectivity index (χ1n) is 4.91. The molecule has 0 unspecified atom stereocenters. The van der Waals surface area contributed by atoms with Crippen molar-refractivity contribution in [1.82, 2.24) is 0 Å². The summed E-state index contributed by atoms with van der Waals surface area (Å²) in [6.45, 7) is 2.04. The molecule has 0 aliphatic rings. The van der Waals surface area contributed by atoms with Crippen molar-refractivity contribution in [1.29, 1.82) is 0 Å². The van der Waals surface area contributed by atoms with Gasteiger partial charge in [-0.15, -0.1) is 0 Å². The second-order valence-electron chi connectivity index (χ2n) is 3.34. The molecule has 2 aromatic carbocycles. The molecule has 0 N–H and O–H groups in total. The largest absolute Gasteiger partial charge is 0.0913 e. The van der Waals surface area contributed by atoms with E-state index in [0.717, 1.165) is 6.42 Å². The van der Waals surface area contributed by atoms with Gasteiger partial charge < -0.3 is 0 Å². The van der Waals surface area contributed by atoms with Crippen LogP contribution in [-0.4, -0.2) is 0 Å². The summed E-state index contributed by atoms with van der Waals surface area (Å²) in [4.78, 5) is 0. The van der Waals surface area contributed by atoms with Gasteiger partial charge in [0.25, 0.3) is 0 Å². The molecule has 0 spiro atoms. The van der Waals surface area contributed by atoms with Gasteiger partial charge >= 0.3 is 0 Å². The van der Waals surface area contributed by atoms with E-state index in [1.165, 1.54) is 16.3 Å². The maximum atomic E-state index is 3.41. The van der Waals surface area contributed by atoms with E-state index in [4.69, 9.17) is 0 Å². The average molecular weight is 181 g/mol. The first-order chi connectivity index (χ1) is 6.90. The van der Waals surface area contributed by atoms with E-state index < -0.39 is 0 Å². The lowest BCUT2D eigenvalue weighted by atomic mass is 10.1. The average Bonchev–Trinajstić information content (AvgIpc) is 2.26. The molecule has 0 heteroatoms. The Hall–Kier alpha value is -1.56. The molecular formula is C14H13. The molecule has 0 saturated carbocycles. The van der Waals surface area contributed by atoms with Crippen LogP contribution in [-0.2, 0) is 6.42 Å². The van der Waals surface area contributed by atoms with E-state index in [1.807, 2.05) is 6.92 Å². The van der Waals surface area contributed by atoms with E-state index in [-0.39, 0.29) is 0 Å². The van der Waals surface area contributed by atoms with Crippen molar-refractivity contribution in [3.8, 4) is 0 Å². The number of fused-ring (bicyclic) bond motifs is 1. The number of allylic oxidation sites excluding steroid dienone is 2. The highest BCUT2D eigenvalue weighted by Gasteiger charge is 1.94. The fraction of sp³-hybridized carbons (Fsp3) is 0.143. The van der Waals surface area contributed by atoms with Crippen LogP contribution in [0.2, 0.25) is 0 Å². The molecule has 0 saturated heterocycles. The quantitative estimate of drug-likeness (QED) is 0.619. The topological polar surface area (TPSA) is 0 Å². The fourth-order valence-electron chi connectivity index (χ4n) is 1.53. The SMILES string of the molecule is CC=CCc1[c]c2ccccc2cc1. The molecule has 0 bridgehead atoms. The van der Waals surface area contributed by atoms with Crippen LogP contribution in [0.5, 0.6) is 0 Å². The Kier molecular flexibility index (Phi) is 2.64. The van der Waals surface area contributed by atoms with Crippen LogP contribution < -0.4 is 0 Å². The van der Waals surface area contributed by atoms with Crippen molar-refractivity contribution in [3.63, 3.8) is 0 Å². The number of hydrogen-bond acceptors (Lipinski definition) is 0. The highest BCUT2D eigenvalue weighted by Crippen LogP contribution is 2.15. The van der Waals surface area contributed by atoms with Crippen LogP contribution in [0.25, 0.3) is 10.8 Å². The van der Waals surface area contributed by atoms with Gasteiger partial charge in [0, 0.05) is 0 Å². The standard InChI is InChI=1S/C14H13/c1-2-3-6-12-9-10-13-7-4-5-8-14(13)11-12/h2-5,7-10H,6H2,1H3. The fourth-order valence-corrected chi connectivity index (χ4v) is 1.53. The molecule has 0 aliphatic carbocycles. The zero-order valence-electron chi connectivity index (χ0n) is 8.33. The molecule has 0 fully saturated rings. The molecule has 0 heterocycles. The van der Waals surface area contributed by atoms with Gasteiger partial charge in [-0.3, -0.25) is 0 Å². The van der Waals surface area contributed by atoms with Gasteiger partial charge in [-0.1, -0.05) is 48.6 Å². The van der Waals surface area contributed by atoms with Crippen molar-refractivity contribution < 1.29 is 0 Å². The first-order valence-corrected chi connectivity index (χ1v) is 4.91. The van der Waals surface area contributed by atoms with Gasteiger partial charge in [0.15, 0.2) is 0 Å². The second-order valence-corrected chi connectivity index (χ2v) is 3.34. The van der Waals surface area contributed by atoms with Crippen molar-refractivity contribution in [3.05, 3.63) is 60.2 Å². The summed E-state index contributed by atoms with van der Waals surface area (Å²) in [7, 11) is 0. The molecule has 0 aliphatic heterocycles. The Labute approximate surface area is 84.9 Å². The van der Waals surface area contributed by atoms with Gasteiger partial charge in [-0.25, -0.2) is 0 Å². The summed E-state index contributed by atoms with van der Waals surface area (Å²) in [5, 5.41) is 2.46. The molecule has 0 amide bonds. The van der Waals surface area contributed by atoms with Gasteiger partial charge in [0.1, 0.15) is 0 Å². The molecule has 1 radical (unpaired) electrons. The minimum atomic E-state index is 0.974. The Morgan fingerprint density at radius 2 is 2.00 bits per heavy atom. The van der Waals surface area contributed by atoms with E-state index >= 15 is 0 Å². The Morgan fingerprint density at radius 1 is 1.14 bits per heavy atom. The van der Waals surface area contributed by atoms with Crippen molar-refractivity contribution in [2.75, 3.05) is 0 Å². The predicted molar refractivity (Wildman–Crippen MR) is 61.3 cm³/mol. The van der Waals surface area contributed by atoms with E-state index in [1.54, 1.807) is 0 Å². The van der Waals surface area contributed by atoms with E-state index in [2.05, 4.69) is 54.6 Å². The summed E-state index contributed by atoms with van der Waals surface area (Å²) >= 11 is 0. The third-order valence-electron chi connectivity index (χ3n) is 2.29. The molecule has 0 nitrogen and oxygen atoms in total. The van der Waals surface area contributed by atoms with Gasteiger partial charge in [-0.05, 0) is 35.7 Å². The summed E-state index contributed by atoms with van der Waals surface area (Å²) in [5.74, 6) is 0. The van der Waals surface area contributed by atoms with Gasteiger partial charge in [-0.2, -0.15) is 0 Å². The van der Waals surface area contributed by atoms with Crippen LogP contribution in [0.15, 0.2) is 48.6 Å². The van der Waals surface area contributed by atoms with Crippen LogP contribution >= 0.6 is 0 Å². The van der Waals surface area contributed by atoms with E-state index in [0.29, 0.717) is 0 Å². The lowest BCUT2D eigenvalue weighted by Gasteiger charge is -1.99. The molecule has 0 atom stereocenters. The Bertz CT molecular complexity index is 452. The maximum Gasteiger partial charge on any atom is -0.00610 e.